The summed E-state index contributed by atoms with van der Waals surface area (Å²) in [6.45, 7) is 1.57. The highest BCUT2D eigenvalue weighted by Crippen LogP contribution is 2.47. The van der Waals surface area contributed by atoms with Gasteiger partial charge in [-0.3, -0.25) is 15.0 Å². The maximum atomic E-state index is 12.7. The minimum atomic E-state index is -0.696. The van der Waals surface area contributed by atoms with Crippen LogP contribution in [0.15, 0.2) is 24.3 Å². The van der Waals surface area contributed by atoms with Gasteiger partial charge in [0.25, 0.3) is 5.91 Å². The number of hydrogen-bond acceptors (Lipinski definition) is 3. The van der Waals surface area contributed by atoms with E-state index < -0.39 is 5.97 Å². The van der Waals surface area contributed by atoms with Crippen molar-refractivity contribution in [3.8, 4) is 0 Å². The lowest BCUT2D eigenvalue weighted by atomic mass is 9.65. The van der Waals surface area contributed by atoms with Crippen molar-refractivity contribution in [3.05, 3.63) is 35.4 Å². The Morgan fingerprint density at radius 3 is 2.15 bits per heavy atom. The zero-order valence-corrected chi connectivity index (χ0v) is 15.7. The molecule has 1 aromatic rings. The number of amidine groups is 1. The molecule has 6 nitrogen and oxygen atoms in total. The molecular formula is C21H29N3O3. The monoisotopic (exact) mass is 371 g/mol. The predicted molar refractivity (Wildman–Crippen MR) is 104 cm³/mol. The second-order valence-corrected chi connectivity index (χ2v) is 8.16. The number of carbonyl (C=O) groups is 2. The summed E-state index contributed by atoms with van der Waals surface area (Å²) < 4.78 is 0. The zero-order valence-electron chi connectivity index (χ0n) is 15.7. The van der Waals surface area contributed by atoms with E-state index in [1.54, 1.807) is 24.3 Å². The van der Waals surface area contributed by atoms with Crippen LogP contribution in [-0.2, 0) is 4.79 Å². The van der Waals surface area contributed by atoms with Gasteiger partial charge >= 0.3 is 5.97 Å². The molecule has 3 rings (SSSR count). The van der Waals surface area contributed by atoms with Gasteiger partial charge in [0.15, 0.2) is 0 Å². The van der Waals surface area contributed by atoms with Crippen molar-refractivity contribution in [1.82, 2.24) is 4.90 Å². The number of amides is 1. The van der Waals surface area contributed by atoms with Crippen molar-refractivity contribution in [1.29, 1.82) is 5.41 Å². The number of rotatable bonds is 5. The van der Waals surface area contributed by atoms with Crippen molar-refractivity contribution in [2.75, 3.05) is 13.1 Å². The number of hydrogen-bond donors (Lipinski definition) is 3. The maximum Gasteiger partial charge on any atom is 0.303 e. The van der Waals surface area contributed by atoms with Gasteiger partial charge < -0.3 is 15.7 Å². The molecule has 1 amide bonds. The highest BCUT2D eigenvalue weighted by Gasteiger charge is 2.39. The van der Waals surface area contributed by atoms with Crippen molar-refractivity contribution < 1.29 is 14.7 Å². The van der Waals surface area contributed by atoms with Crippen LogP contribution in [0.2, 0.25) is 0 Å². The number of nitrogens with zero attached hydrogens (tertiary/aromatic N) is 1. The molecule has 146 valence electrons. The summed E-state index contributed by atoms with van der Waals surface area (Å²) in [6, 6.07) is 6.94. The molecule has 1 heterocycles. The molecule has 27 heavy (non-hydrogen) atoms. The Kier molecular flexibility index (Phi) is 5.82. The summed E-state index contributed by atoms with van der Waals surface area (Å²) in [5.74, 6) is -0.0902. The van der Waals surface area contributed by atoms with Gasteiger partial charge in [0.1, 0.15) is 5.84 Å². The molecule has 1 spiro atoms. The lowest BCUT2D eigenvalue weighted by molar-refractivity contribution is -0.137. The lowest BCUT2D eigenvalue weighted by Crippen LogP contribution is -2.44. The number of benzene rings is 1. The van der Waals surface area contributed by atoms with Gasteiger partial charge in [-0.1, -0.05) is 12.1 Å². The smallest absolute Gasteiger partial charge is 0.303 e. The maximum absolute atomic E-state index is 12.7. The van der Waals surface area contributed by atoms with Crippen LogP contribution in [0.1, 0.15) is 67.3 Å². The quantitative estimate of drug-likeness (QED) is 0.545. The summed E-state index contributed by atoms with van der Waals surface area (Å²) in [5.41, 5.74) is 7.08. The first-order valence-corrected chi connectivity index (χ1v) is 9.84. The molecule has 4 N–H and O–H groups in total. The number of carboxylic acid groups (broad SMARTS) is 1. The van der Waals surface area contributed by atoms with Gasteiger partial charge in [-0.05, 0) is 68.4 Å². The molecule has 1 aliphatic heterocycles. The molecule has 1 aliphatic carbocycles. The SMILES string of the molecule is N=C(N)c1ccc(C(=O)N2CCC3(CCC(CCC(=O)O)CC3)CC2)cc1. The van der Waals surface area contributed by atoms with Crippen molar-refractivity contribution >= 4 is 17.7 Å². The molecule has 2 aliphatic rings. The van der Waals surface area contributed by atoms with E-state index in [1.165, 1.54) is 0 Å². The Morgan fingerprint density at radius 2 is 1.63 bits per heavy atom. The molecule has 0 aromatic heterocycles. The summed E-state index contributed by atoms with van der Waals surface area (Å²) in [7, 11) is 0. The molecule has 1 saturated carbocycles. The molecular weight excluding hydrogens is 342 g/mol. The van der Waals surface area contributed by atoms with E-state index >= 15 is 0 Å². The highest BCUT2D eigenvalue weighted by atomic mass is 16.4. The number of likely N-dealkylation sites (tertiary alicyclic amines) is 1. The molecule has 0 unspecified atom stereocenters. The van der Waals surface area contributed by atoms with E-state index in [0.29, 0.717) is 22.5 Å². The van der Waals surface area contributed by atoms with E-state index in [-0.39, 0.29) is 18.2 Å². The minimum absolute atomic E-state index is 0.00729. The van der Waals surface area contributed by atoms with E-state index in [1.807, 2.05) is 4.90 Å². The predicted octanol–water partition coefficient (Wildman–Crippen LogP) is 3.25. The van der Waals surface area contributed by atoms with E-state index in [4.69, 9.17) is 16.2 Å². The van der Waals surface area contributed by atoms with Crippen LogP contribution in [0.5, 0.6) is 0 Å². The number of nitrogen functional groups attached to an aromatic ring is 1. The minimum Gasteiger partial charge on any atom is -0.481 e. The number of aliphatic carboxylic acids is 1. The van der Waals surface area contributed by atoms with Crippen LogP contribution in [0.3, 0.4) is 0 Å². The number of nitrogens with two attached hydrogens (primary N) is 1. The second-order valence-electron chi connectivity index (χ2n) is 8.16. The fourth-order valence-electron chi connectivity index (χ4n) is 4.57. The van der Waals surface area contributed by atoms with Gasteiger partial charge in [-0.15, -0.1) is 0 Å². The summed E-state index contributed by atoms with van der Waals surface area (Å²) >= 11 is 0. The lowest BCUT2D eigenvalue weighted by Gasteiger charge is -2.46. The fraction of sp³-hybridized carbons (Fsp3) is 0.571. The standard InChI is InChI=1S/C21H29N3O3/c22-19(23)16-2-4-17(5-3-16)20(27)24-13-11-21(12-14-24)9-7-15(8-10-21)1-6-18(25)26/h2-5,15H,1,6-14H2,(H3,22,23)(H,25,26). The number of carbonyl (C=O) groups excluding carboxylic acids is 1. The first-order valence-electron chi connectivity index (χ1n) is 9.84. The topological polar surface area (TPSA) is 107 Å². The Labute approximate surface area is 160 Å². The number of carboxylic acids is 1. The van der Waals surface area contributed by atoms with Crippen molar-refractivity contribution in [3.63, 3.8) is 0 Å². The molecule has 1 saturated heterocycles. The van der Waals surface area contributed by atoms with Gasteiger partial charge in [-0.25, -0.2) is 0 Å². The molecule has 2 fully saturated rings. The summed E-state index contributed by atoms with van der Waals surface area (Å²) in [5, 5.41) is 16.3. The van der Waals surface area contributed by atoms with Crippen LogP contribution in [-0.4, -0.2) is 40.8 Å². The highest BCUT2D eigenvalue weighted by molar-refractivity contribution is 5.98. The fourth-order valence-corrected chi connectivity index (χ4v) is 4.57. The normalized spacial score (nSPS) is 19.8. The number of nitrogens with one attached hydrogen (secondary N) is 1. The Balaban J connectivity index is 1.51. The van der Waals surface area contributed by atoms with Crippen LogP contribution < -0.4 is 5.73 Å². The van der Waals surface area contributed by atoms with E-state index in [9.17, 15) is 9.59 Å². The first-order chi connectivity index (χ1) is 12.9. The van der Waals surface area contributed by atoms with Crippen molar-refractivity contribution in [2.45, 2.75) is 51.4 Å². The Hall–Kier alpha value is -2.37. The van der Waals surface area contributed by atoms with Crippen molar-refractivity contribution in [2.24, 2.45) is 17.1 Å². The third-order valence-electron chi connectivity index (χ3n) is 6.49. The summed E-state index contributed by atoms with van der Waals surface area (Å²) in [4.78, 5) is 25.4. The van der Waals surface area contributed by atoms with E-state index in [0.717, 1.165) is 58.0 Å². The average molecular weight is 371 g/mol. The van der Waals surface area contributed by atoms with Crippen LogP contribution >= 0.6 is 0 Å². The largest absolute Gasteiger partial charge is 0.481 e. The number of piperidine rings is 1. The first kappa shape index (κ1) is 19.4. The molecule has 0 bridgehead atoms. The van der Waals surface area contributed by atoms with Gasteiger partial charge in [0.05, 0.1) is 0 Å². The van der Waals surface area contributed by atoms with Crippen LogP contribution in [0, 0.1) is 16.7 Å². The average Bonchev–Trinajstić information content (AvgIpc) is 2.68. The Morgan fingerprint density at radius 1 is 1.07 bits per heavy atom. The van der Waals surface area contributed by atoms with Crippen LogP contribution in [0.4, 0.5) is 0 Å². The third kappa shape index (κ3) is 4.67. The third-order valence-corrected chi connectivity index (χ3v) is 6.49. The molecule has 0 radical (unpaired) electrons. The van der Waals surface area contributed by atoms with Gasteiger partial charge in [-0.2, -0.15) is 0 Å². The molecule has 0 atom stereocenters. The second kappa shape index (κ2) is 8.11. The molecule has 6 heteroatoms. The van der Waals surface area contributed by atoms with Crippen LogP contribution in [0.25, 0.3) is 0 Å². The van der Waals surface area contributed by atoms with Gasteiger partial charge in [0.2, 0.25) is 0 Å². The Bertz CT molecular complexity index is 696. The summed E-state index contributed by atoms with van der Waals surface area (Å²) in [6.07, 6.45) is 7.71. The zero-order chi connectivity index (χ0) is 19.4. The van der Waals surface area contributed by atoms with E-state index in [2.05, 4.69) is 0 Å². The van der Waals surface area contributed by atoms with Gasteiger partial charge in [0, 0.05) is 30.6 Å². The molecule has 1 aromatic carbocycles.